The zero-order valence-corrected chi connectivity index (χ0v) is 11.4. The zero-order chi connectivity index (χ0) is 13.2. The summed E-state index contributed by atoms with van der Waals surface area (Å²) in [6.45, 7) is 0.645. The lowest BCUT2D eigenvalue weighted by Crippen LogP contribution is -2.26. The van der Waals surface area contributed by atoms with Crippen molar-refractivity contribution in [1.29, 1.82) is 0 Å². The molecule has 0 atom stereocenters. The van der Waals surface area contributed by atoms with Crippen molar-refractivity contribution >= 4 is 28.1 Å². The van der Waals surface area contributed by atoms with Crippen LogP contribution in [-0.2, 0) is 6.54 Å². The first-order chi connectivity index (χ1) is 9.24. The van der Waals surface area contributed by atoms with Crippen LogP contribution in [-0.4, -0.2) is 22.8 Å². The first-order valence-corrected chi connectivity index (χ1v) is 6.97. The van der Waals surface area contributed by atoms with E-state index in [0.717, 1.165) is 10.9 Å². The maximum atomic E-state index is 12.3. The van der Waals surface area contributed by atoms with Gasteiger partial charge in [0.1, 0.15) is 5.69 Å². The molecule has 0 unspecified atom stereocenters. The molecule has 1 aromatic carbocycles. The fourth-order valence-electron chi connectivity index (χ4n) is 2.10. The molecule has 2 aromatic heterocycles. The van der Waals surface area contributed by atoms with E-state index in [9.17, 15) is 4.79 Å². The first kappa shape index (κ1) is 12.0. The minimum absolute atomic E-state index is 0.0181. The van der Waals surface area contributed by atoms with Crippen LogP contribution in [0, 0.1) is 0 Å². The summed E-state index contributed by atoms with van der Waals surface area (Å²) < 4.78 is 0. The molecule has 0 aliphatic rings. The molecule has 4 heteroatoms. The molecular weight excluding hydrogens is 256 g/mol. The van der Waals surface area contributed by atoms with Gasteiger partial charge in [0.25, 0.3) is 5.91 Å². The van der Waals surface area contributed by atoms with E-state index >= 15 is 0 Å². The third-order valence-corrected chi connectivity index (χ3v) is 3.94. The zero-order valence-electron chi connectivity index (χ0n) is 10.6. The molecule has 1 amide bonds. The molecule has 96 valence electrons. The molecule has 0 bridgehead atoms. The van der Waals surface area contributed by atoms with Crippen molar-refractivity contribution in [1.82, 2.24) is 9.88 Å². The van der Waals surface area contributed by atoms with Gasteiger partial charge < -0.3 is 9.88 Å². The number of rotatable bonds is 3. The van der Waals surface area contributed by atoms with Gasteiger partial charge in [0.2, 0.25) is 0 Å². The van der Waals surface area contributed by atoms with Gasteiger partial charge in [-0.1, -0.05) is 24.3 Å². The number of amides is 1. The Kier molecular flexibility index (Phi) is 3.09. The highest BCUT2D eigenvalue weighted by molar-refractivity contribution is 7.09. The summed E-state index contributed by atoms with van der Waals surface area (Å²) in [7, 11) is 1.83. The molecule has 0 aliphatic carbocycles. The fraction of sp³-hybridized carbons (Fsp3) is 0.133. The van der Waals surface area contributed by atoms with Crippen molar-refractivity contribution in [3.05, 3.63) is 58.4 Å². The topological polar surface area (TPSA) is 36.1 Å². The van der Waals surface area contributed by atoms with Gasteiger partial charge in [0.15, 0.2) is 0 Å². The highest BCUT2D eigenvalue weighted by atomic mass is 32.1. The number of aromatic nitrogens is 1. The second kappa shape index (κ2) is 4.90. The average molecular weight is 270 g/mol. The summed E-state index contributed by atoms with van der Waals surface area (Å²) in [6, 6.07) is 13.9. The Morgan fingerprint density at radius 1 is 1.26 bits per heavy atom. The lowest BCUT2D eigenvalue weighted by molar-refractivity contribution is 0.0781. The molecule has 0 saturated heterocycles. The Balaban J connectivity index is 1.82. The molecule has 0 fully saturated rings. The van der Waals surface area contributed by atoms with Crippen LogP contribution in [0.5, 0.6) is 0 Å². The molecule has 0 spiro atoms. The largest absolute Gasteiger partial charge is 0.351 e. The van der Waals surface area contributed by atoms with E-state index in [2.05, 4.69) is 4.98 Å². The predicted molar refractivity (Wildman–Crippen MR) is 78.4 cm³/mol. The second-order valence-electron chi connectivity index (χ2n) is 4.51. The number of benzene rings is 1. The van der Waals surface area contributed by atoms with E-state index in [1.165, 1.54) is 4.88 Å². The maximum Gasteiger partial charge on any atom is 0.270 e. The van der Waals surface area contributed by atoms with Crippen molar-refractivity contribution in [3.63, 3.8) is 0 Å². The van der Waals surface area contributed by atoms with E-state index in [-0.39, 0.29) is 5.91 Å². The van der Waals surface area contributed by atoms with Crippen LogP contribution in [0.15, 0.2) is 47.8 Å². The number of aromatic amines is 1. The number of thiophene rings is 1. The average Bonchev–Trinajstić information content (AvgIpc) is 3.05. The number of nitrogens with one attached hydrogen (secondary N) is 1. The van der Waals surface area contributed by atoms with Crippen LogP contribution >= 0.6 is 11.3 Å². The van der Waals surface area contributed by atoms with Crippen molar-refractivity contribution in [2.45, 2.75) is 6.54 Å². The number of fused-ring (bicyclic) bond motifs is 1. The number of hydrogen-bond donors (Lipinski definition) is 1. The van der Waals surface area contributed by atoms with Crippen molar-refractivity contribution < 1.29 is 4.79 Å². The molecule has 0 aliphatic heterocycles. The summed E-state index contributed by atoms with van der Waals surface area (Å²) in [5.74, 6) is 0.0181. The number of hydrogen-bond acceptors (Lipinski definition) is 2. The van der Waals surface area contributed by atoms with E-state index in [1.807, 2.05) is 54.9 Å². The van der Waals surface area contributed by atoms with E-state index in [0.29, 0.717) is 12.2 Å². The minimum atomic E-state index is 0.0181. The molecule has 2 heterocycles. The monoisotopic (exact) mass is 270 g/mol. The SMILES string of the molecule is CN(Cc1cccs1)C(=O)c1cc2ccccc2[nH]1. The standard InChI is InChI=1S/C15H14N2OS/c1-17(10-12-6-4-8-19-12)15(18)14-9-11-5-2-3-7-13(11)16-14/h2-9,16H,10H2,1H3. The van der Waals surface area contributed by atoms with E-state index in [4.69, 9.17) is 0 Å². The molecular formula is C15H14N2OS. The highest BCUT2D eigenvalue weighted by Crippen LogP contribution is 2.17. The number of carbonyl (C=O) groups is 1. The van der Waals surface area contributed by atoms with Gasteiger partial charge in [-0.15, -0.1) is 11.3 Å². The van der Waals surface area contributed by atoms with Gasteiger partial charge in [0.05, 0.1) is 6.54 Å². The lowest BCUT2D eigenvalue weighted by atomic mass is 10.2. The number of carbonyl (C=O) groups excluding carboxylic acids is 1. The normalized spacial score (nSPS) is 10.8. The molecule has 0 saturated carbocycles. The van der Waals surface area contributed by atoms with Crippen LogP contribution in [0.1, 0.15) is 15.4 Å². The quantitative estimate of drug-likeness (QED) is 0.777. The van der Waals surface area contributed by atoms with Gasteiger partial charge in [-0.05, 0) is 23.6 Å². The molecule has 3 rings (SSSR count). The Morgan fingerprint density at radius 2 is 2.11 bits per heavy atom. The van der Waals surface area contributed by atoms with Gasteiger partial charge in [-0.3, -0.25) is 4.79 Å². The van der Waals surface area contributed by atoms with Crippen LogP contribution < -0.4 is 0 Å². The Labute approximate surface area is 115 Å². The predicted octanol–water partition coefficient (Wildman–Crippen LogP) is 3.50. The Morgan fingerprint density at radius 3 is 2.84 bits per heavy atom. The van der Waals surface area contributed by atoms with Crippen LogP contribution in [0.25, 0.3) is 10.9 Å². The molecule has 1 N–H and O–H groups in total. The van der Waals surface area contributed by atoms with Crippen molar-refractivity contribution in [3.8, 4) is 0 Å². The highest BCUT2D eigenvalue weighted by Gasteiger charge is 2.14. The smallest absolute Gasteiger partial charge is 0.270 e. The molecule has 0 radical (unpaired) electrons. The number of nitrogens with zero attached hydrogens (tertiary/aromatic N) is 1. The molecule has 19 heavy (non-hydrogen) atoms. The second-order valence-corrected chi connectivity index (χ2v) is 5.54. The lowest BCUT2D eigenvalue weighted by Gasteiger charge is -2.14. The summed E-state index contributed by atoms with van der Waals surface area (Å²) in [4.78, 5) is 18.4. The van der Waals surface area contributed by atoms with Crippen molar-refractivity contribution in [2.75, 3.05) is 7.05 Å². The van der Waals surface area contributed by atoms with E-state index < -0.39 is 0 Å². The summed E-state index contributed by atoms with van der Waals surface area (Å²) in [6.07, 6.45) is 0. The van der Waals surface area contributed by atoms with Gasteiger partial charge >= 0.3 is 0 Å². The first-order valence-electron chi connectivity index (χ1n) is 6.09. The van der Waals surface area contributed by atoms with Crippen molar-refractivity contribution in [2.24, 2.45) is 0 Å². The number of para-hydroxylation sites is 1. The Bertz CT molecular complexity index is 667. The third kappa shape index (κ3) is 2.39. The molecule has 3 nitrogen and oxygen atoms in total. The van der Waals surface area contributed by atoms with Crippen LogP contribution in [0.3, 0.4) is 0 Å². The van der Waals surface area contributed by atoms with E-state index in [1.54, 1.807) is 16.2 Å². The third-order valence-electron chi connectivity index (χ3n) is 3.08. The molecule has 3 aromatic rings. The van der Waals surface area contributed by atoms with Gasteiger partial charge in [-0.2, -0.15) is 0 Å². The van der Waals surface area contributed by atoms with Gasteiger partial charge in [-0.25, -0.2) is 0 Å². The fourth-order valence-corrected chi connectivity index (χ4v) is 2.86. The summed E-state index contributed by atoms with van der Waals surface area (Å²) >= 11 is 1.66. The van der Waals surface area contributed by atoms with Gasteiger partial charge in [0, 0.05) is 22.8 Å². The summed E-state index contributed by atoms with van der Waals surface area (Å²) in [5, 5.41) is 3.09. The summed E-state index contributed by atoms with van der Waals surface area (Å²) in [5.41, 5.74) is 1.63. The van der Waals surface area contributed by atoms with Crippen LogP contribution in [0.2, 0.25) is 0 Å². The minimum Gasteiger partial charge on any atom is -0.351 e. The van der Waals surface area contributed by atoms with Crippen LogP contribution in [0.4, 0.5) is 0 Å². The maximum absolute atomic E-state index is 12.3. The number of H-pyrrole nitrogens is 1. The Hall–Kier alpha value is -2.07.